The van der Waals surface area contributed by atoms with Crippen LogP contribution in [0.5, 0.6) is 0 Å². The van der Waals surface area contributed by atoms with Gasteiger partial charge in [-0.25, -0.2) is 14.6 Å². The lowest BCUT2D eigenvalue weighted by Gasteiger charge is -2.03. The fraction of sp³-hybridized carbons (Fsp3) is 0. The van der Waals surface area contributed by atoms with Crippen molar-refractivity contribution in [2.75, 3.05) is 0 Å². The van der Waals surface area contributed by atoms with E-state index in [1.807, 2.05) is 42.5 Å². The average Bonchev–Trinajstić information content (AvgIpc) is 3.26. The molecule has 2 heterocycles. The largest absolute Gasteiger partial charge is 0.436 e. The van der Waals surface area contributed by atoms with E-state index >= 15 is 0 Å². The number of hydrogen-bond donors (Lipinski definition) is 0. The molecule has 1 aliphatic rings. The summed E-state index contributed by atoms with van der Waals surface area (Å²) in [6.45, 7) is 0. The number of aromatic nitrogens is 1. The summed E-state index contributed by atoms with van der Waals surface area (Å²) in [5.41, 5.74) is 2.05. The molecule has 5 rings (SSSR count). The number of carbonyl (C=O) groups excluding carboxylic acids is 2. The summed E-state index contributed by atoms with van der Waals surface area (Å²) in [5.74, 6) is -0.257. The Labute approximate surface area is 147 Å². The summed E-state index contributed by atoms with van der Waals surface area (Å²) in [5, 5.41) is 2.18. The molecule has 0 aliphatic carbocycles. The van der Waals surface area contributed by atoms with Gasteiger partial charge in [-0.05, 0) is 29.0 Å². The Bertz CT molecular complexity index is 1200. The number of benzene rings is 3. The molecule has 0 amide bonds. The molecule has 3 aromatic carbocycles. The molecular weight excluding hydrogens is 330 g/mol. The van der Waals surface area contributed by atoms with Gasteiger partial charge < -0.3 is 9.15 Å². The predicted octanol–water partition coefficient (Wildman–Crippen LogP) is 4.47. The molecule has 0 saturated carbocycles. The highest BCUT2D eigenvalue weighted by molar-refractivity contribution is 6.15. The molecule has 0 radical (unpaired) electrons. The van der Waals surface area contributed by atoms with E-state index in [9.17, 15) is 9.59 Å². The van der Waals surface area contributed by atoms with Gasteiger partial charge >= 0.3 is 11.9 Å². The van der Waals surface area contributed by atoms with Crippen LogP contribution in [0.15, 0.2) is 71.3 Å². The molecule has 0 bridgehead atoms. The van der Waals surface area contributed by atoms with Crippen molar-refractivity contribution in [2.45, 2.75) is 0 Å². The van der Waals surface area contributed by atoms with Gasteiger partial charge in [0.2, 0.25) is 5.89 Å². The third kappa shape index (κ3) is 2.14. The lowest BCUT2D eigenvalue weighted by Crippen LogP contribution is -1.96. The van der Waals surface area contributed by atoms with Gasteiger partial charge in [-0.15, -0.1) is 0 Å². The third-order valence-electron chi connectivity index (χ3n) is 4.45. The van der Waals surface area contributed by atoms with Crippen LogP contribution in [0.4, 0.5) is 0 Å². The Kier molecular flexibility index (Phi) is 3.03. The van der Waals surface area contributed by atoms with Crippen LogP contribution in [0, 0.1) is 0 Å². The van der Waals surface area contributed by atoms with Crippen LogP contribution in [0.1, 0.15) is 20.7 Å². The van der Waals surface area contributed by atoms with E-state index in [4.69, 9.17) is 4.42 Å². The van der Waals surface area contributed by atoms with Crippen LogP contribution in [0.25, 0.3) is 33.6 Å². The monoisotopic (exact) mass is 341 g/mol. The van der Waals surface area contributed by atoms with E-state index in [0.717, 1.165) is 16.3 Å². The van der Waals surface area contributed by atoms with Crippen LogP contribution in [-0.2, 0) is 4.74 Å². The number of hydrogen-bond acceptors (Lipinski definition) is 5. The zero-order valence-corrected chi connectivity index (χ0v) is 13.4. The van der Waals surface area contributed by atoms with Gasteiger partial charge in [0.15, 0.2) is 5.76 Å². The van der Waals surface area contributed by atoms with Crippen molar-refractivity contribution in [1.29, 1.82) is 0 Å². The summed E-state index contributed by atoms with van der Waals surface area (Å²) < 4.78 is 10.6. The first kappa shape index (κ1) is 14.6. The fourth-order valence-corrected chi connectivity index (χ4v) is 3.19. The Hall–Kier alpha value is -3.73. The fourth-order valence-electron chi connectivity index (χ4n) is 3.19. The van der Waals surface area contributed by atoms with Crippen LogP contribution in [-0.4, -0.2) is 16.9 Å². The zero-order valence-electron chi connectivity index (χ0n) is 13.4. The highest BCUT2D eigenvalue weighted by Crippen LogP contribution is 2.32. The van der Waals surface area contributed by atoms with E-state index in [0.29, 0.717) is 17.2 Å². The van der Waals surface area contributed by atoms with Gasteiger partial charge in [0.05, 0.1) is 17.3 Å². The van der Waals surface area contributed by atoms with E-state index in [-0.39, 0.29) is 11.1 Å². The molecule has 0 atom stereocenters. The Balaban J connectivity index is 1.60. The third-order valence-corrected chi connectivity index (χ3v) is 4.45. The Morgan fingerprint density at radius 1 is 0.769 bits per heavy atom. The standard InChI is InChI=1S/C21H11NO4/c23-20-16-9-8-13(10-17(16)21(24)26-20)19-22-11-18(25-19)15-7-3-5-12-4-1-2-6-14(12)15/h1-11H. The number of cyclic esters (lactones) is 2. The maximum atomic E-state index is 11.7. The topological polar surface area (TPSA) is 69.4 Å². The van der Waals surface area contributed by atoms with Crippen molar-refractivity contribution in [3.05, 3.63) is 78.0 Å². The van der Waals surface area contributed by atoms with Crippen molar-refractivity contribution in [2.24, 2.45) is 0 Å². The van der Waals surface area contributed by atoms with Crippen LogP contribution < -0.4 is 0 Å². The van der Waals surface area contributed by atoms with E-state index in [2.05, 4.69) is 9.72 Å². The van der Waals surface area contributed by atoms with Gasteiger partial charge in [0, 0.05) is 11.1 Å². The average molecular weight is 341 g/mol. The molecule has 5 nitrogen and oxygen atoms in total. The minimum Gasteiger partial charge on any atom is -0.436 e. The second kappa shape index (κ2) is 5.39. The molecule has 5 heteroatoms. The molecule has 1 aliphatic heterocycles. The SMILES string of the molecule is O=C1OC(=O)c2cc(-c3ncc(-c4cccc5ccccc45)o3)ccc21. The first-order valence-electron chi connectivity index (χ1n) is 8.05. The Morgan fingerprint density at radius 3 is 2.50 bits per heavy atom. The second-order valence-corrected chi connectivity index (χ2v) is 5.99. The molecule has 0 fully saturated rings. The van der Waals surface area contributed by atoms with E-state index in [1.165, 1.54) is 0 Å². The summed E-state index contributed by atoms with van der Waals surface area (Å²) in [4.78, 5) is 27.6. The maximum Gasteiger partial charge on any atom is 0.346 e. The number of nitrogens with zero attached hydrogens (tertiary/aromatic N) is 1. The smallest absolute Gasteiger partial charge is 0.346 e. The first-order valence-corrected chi connectivity index (χ1v) is 8.05. The molecule has 124 valence electrons. The van der Waals surface area contributed by atoms with Crippen molar-refractivity contribution in [3.8, 4) is 22.8 Å². The summed E-state index contributed by atoms with van der Waals surface area (Å²) in [6.07, 6.45) is 1.66. The molecule has 0 spiro atoms. The van der Waals surface area contributed by atoms with E-state index < -0.39 is 11.9 Å². The quantitative estimate of drug-likeness (QED) is 0.397. The highest BCUT2D eigenvalue weighted by Gasteiger charge is 2.30. The van der Waals surface area contributed by atoms with Crippen molar-refractivity contribution in [3.63, 3.8) is 0 Å². The van der Waals surface area contributed by atoms with Crippen LogP contribution in [0.2, 0.25) is 0 Å². The van der Waals surface area contributed by atoms with E-state index in [1.54, 1.807) is 24.4 Å². The van der Waals surface area contributed by atoms with Gasteiger partial charge in [-0.2, -0.15) is 0 Å². The number of carbonyl (C=O) groups is 2. The molecule has 1 aromatic heterocycles. The molecule has 0 N–H and O–H groups in total. The molecule has 0 saturated heterocycles. The van der Waals surface area contributed by atoms with Gasteiger partial charge in [-0.3, -0.25) is 0 Å². The number of esters is 2. The lowest BCUT2D eigenvalue weighted by atomic mass is 10.0. The maximum absolute atomic E-state index is 11.7. The summed E-state index contributed by atoms with van der Waals surface area (Å²) in [7, 11) is 0. The number of fused-ring (bicyclic) bond motifs is 2. The summed E-state index contributed by atoms with van der Waals surface area (Å²) in [6, 6.07) is 18.8. The highest BCUT2D eigenvalue weighted by atomic mass is 16.6. The van der Waals surface area contributed by atoms with Crippen LogP contribution in [0.3, 0.4) is 0 Å². The molecule has 4 aromatic rings. The molecular formula is C21H11NO4. The zero-order chi connectivity index (χ0) is 17.7. The Morgan fingerprint density at radius 2 is 1.58 bits per heavy atom. The van der Waals surface area contributed by atoms with Crippen molar-refractivity contribution >= 4 is 22.7 Å². The minimum absolute atomic E-state index is 0.234. The van der Waals surface area contributed by atoms with Gasteiger partial charge in [0.1, 0.15) is 0 Å². The first-order chi connectivity index (χ1) is 12.7. The minimum atomic E-state index is -0.646. The number of ether oxygens (including phenoxy) is 1. The summed E-state index contributed by atoms with van der Waals surface area (Å²) >= 11 is 0. The lowest BCUT2D eigenvalue weighted by molar-refractivity contribution is 0.0444. The second-order valence-electron chi connectivity index (χ2n) is 5.99. The number of rotatable bonds is 2. The number of oxazole rings is 1. The predicted molar refractivity (Wildman–Crippen MR) is 94.6 cm³/mol. The normalized spacial score (nSPS) is 13.1. The van der Waals surface area contributed by atoms with Gasteiger partial charge in [0.25, 0.3) is 0 Å². The van der Waals surface area contributed by atoms with Crippen LogP contribution >= 0.6 is 0 Å². The van der Waals surface area contributed by atoms with Crippen molar-refractivity contribution < 1.29 is 18.7 Å². The molecule has 0 unspecified atom stereocenters. The van der Waals surface area contributed by atoms with Crippen molar-refractivity contribution in [1.82, 2.24) is 4.98 Å². The van der Waals surface area contributed by atoms with Gasteiger partial charge in [-0.1, -0.05) is 42.5 Å². The molecule has 26 heavy (non-hydrogen) atoms.